The number of nitrogens with zero attached hydrogens (tertiary/aromatic N) is 1. The highest BCUT2D eigenvalue weighted by Gasteiger charge is 1.99. The molecular formula is C9H15N3. The van der Waals surface area contributed by atoms with Crippen molar-refractivity contribution in [1.29, 1.82) is 5.41 Å². The van der Waals surface area contributed by atoms with Gasteiger partial charge in [-0.2, -0.15) is 0 Å². The molecule has 0 amide bonds. The van der Waals surface area contributed by atoms with Crippen molar-refractivity contribution in [3.8, 4) is 0 Å². The maximum absolute atomic E-state index is 7.38. The molecule has 66 valence electrons. The first-order valence-corrected chi connectivity index (χ1v) is 3.76. The molecule has 0 aliphatic heterocycles. The molecule has 0 saturated carbocycles. The first kappa shape index (κ1) is 10.6. The lowest BCUT2D eigenvalue weighted by molar-refractivity contribution is 1.01. The van der Waals surface area contributed by atoms with Crippen LogP contribution in [0.15, 0.2) is 29.2 Å². The minimum Gasteiger partial charge on any atom is -0.347 e. The predicted octanol–water partition coefficient (Wildman–Crippen LogP) is 2.08. The van der Waals surface area contributed by atoms with E-state index in [9.17, 15) is 0 Å². The van der Waals surface area contributed by atoms with E-state index in [0.29, 0.717) is 11.5 Å². The summed E-state index contributed by atoms with van der Waals surface area (Å²) in [5.41, 5.74) is 1.33. The zero-order valence-electron chi connectivity index (χ0n) is 7.81. The van der Waals surface area contributed by atoms with E-state index in [0.717, 1.165) is 5.57 Å². The minimum atomic E-state index is 0.505. The summed E-state index contributed by atoms with van der Waals surface area (Å²) in [5, 5.41) is 10.3. The fourth-order valence-corrected chi connectivity index (χ4v) is 0.646. The van der Waals surface area contributed by atoms with E-state index in [1.54, 1.807) is 19.3 Å². The maximum Gasteiger partial charge on any atom is 0.134 e. The van der Waals surface area contributed by atoms with E-state index in [1.165, 1.54) is 0 Å². The van der Waals surface area contributed by atoms with Gasteiger partial charge < -0.3 is 10.7 Å². The van der Waals surface area contributed by atoms with Crippen molar-refractivity contribution >= 4 is 11.9 Å². The van der Waals surface area contributed by atoms with Gasteiger partial charge in [0.1, 0.15) is 5.82 Å². The standard InChI is InChI=1S/C9H15N3/c1-5-11-9(12-6-2)7(3)8(4)10/h5-6,10-11H,1H2,2-4H3/b9-7-,10-8?,12-6-. The first-order valence-electron chi connectivity index (χ1n) is 3.76. The topological polar surface area (TPSA) is 48.2 Å². The van der Waals surface area contributed by atoms with Crippen molar-refractivity contribution in [3.05, 3.63) is 24.2 Å². The van der Waals surface area contributed by atoms with Gasteiger partial charge in [0.05, 0.1) is 0 Å². The van der Waals surface area contributed by atoms with Crippen LogP contribution in [0.2, 0.25) is 0 Å². The molecule has 0 spiro atoms. The average Bonchev–Trinajstić information content (AvgIpc) is 2.03. The summed E-state index contributed by atoms with van der Waals surface area (Å²) in [4.78, 5) is 4.07. The van der Waals surface area contributed by atoms with Crippen molar-refractivity contribution in [1.82, 2.24) is 5.32 Å². The number of nitrogens with one attached hydrogen (secondary N) is 2. The van der Waals surface area contributed by atoms with Crippen LogP contribution < -0.4 is 5.32 Å². The highest BCUT2D eigenvalue weighted by Crippen LogP contribution is 2.03. The summed E-state index contributed by atoms with van der Waals surface area (Å²) in [6.07, 6.45) is 3.23. The first-order chi connectivity index (χ1) is 5.63. The molecule has 3 nitrogen and oxygen atoms in total. The Morgan fingerprint density at radius 2 is 2.08 bits per heavy atom. The van der Waals surface area contributed by atoms with Gasteiger partial charge in [0.25, 0.3) is 0 Å². The Kier molecular flexibility index (Phi) is 4.69. The van der Waals surface area contributed by atoms with Crippen LogP contribution >= 0.6 is 0 Å². The Morgan fingerprint density at radius 1 is 1.50 bits per heavy atom. The Balaban J connectivity index is 4.78. The van der Waals surface area contributed by atoms with E-state index < -0.39 is 0 Å². The molecular weight excluding hydrogens is 150 g/mol. The highest BCUT2D eigenvalue weighted by molar-refractivity contribution is 5.95. The van der Waals surface area contributed by atoms with Gasteiger partial charge in [-0.15, -0.1) is 0 Å². The SMILES string of the molecule is C=CNC(/N=C\C)=C(\C)C(C)=N. The Morgan fingerprint density at radius 3 is 2.42 bits per heavy atom. The van der Waals surface area contributed by atoms with E-state index >= 15 is 0 Å². The van der Waals surface area contributed by atoms with Gasteiger partial charge in [0.15, 0.2) is 0 Å². The van der Waals surface area contributed by atoms with Crippen LogP contribution in [0.3, 0.4) is 0 Å². The van der Waals surface area contributed by atoms with Crippen molar-refractivity contribution in [2.75, 3.05) is 0 Å². The highest BCUT2D eigenvalue weighted by atomic mass is 15.0. The number of allylic oxidation sites excluding steroid dienone is 1. The summed E-state index contributed by atoms with van der Waals surface area (Å²) < 4.78 is 0. The van der Waals surface area contributed by atoms with E-state index in [4.69, 9.17) is 5.41 Å². The second-order valence-corrected chi connectivity index (χ2v) is 2.33. The molecule has 0 radical (unpaired) electrons. The van der Waals surface area contributed by atoms with Gasteiger partial charge in [0.2, 0.25) is 0 Å². The zero-order chi connectivity index (χ0) is 9.56. The smallest absolute Gasteiger partial charge is 0.134 e. The van der Waals surface area contributed by atoms with Gasteiger partial charge in [0, 0.05) is 17.5 Å². The molecule has 0 heterocycles. The zero-order valence-corrected chi connectivity index (χ0v) is 7.81. The summed E-state index contributed by atoms with van der Waals surface area (Å²) in [7, 11) is 0. The van der Waals surface area contributed by atoms with Crippen LogP contribution in [-0.4, -0.2) is 11.9 Å². The molecule has 0 saturated heterocycles. The van der Waals surface area contributed by atoms with Gasteiger partial charge in [-0.1, -0.05) is 6.58 Å². The lowest BCUT2D eigenvalue weighted by Crippen LogP contribution is -2.08. The number of aliphatic imine (C=N–C) groups is 1. The molecule has 0 aromatic rings. The molecule has 0 aromatic carbocycles. The van der Waals surface area contributed by atoms with Crippen LogP contribution in [-0.2, 0) is 0 Å². The van der Waals surface area contributed by atoms with Crippen molar-refractivity contribution in [2.24, 2.45) is 4.99 Å². The molecule has 0 fully saturated rings. The van der Waals surface area contributed by atoms with Crippen LogP contribution in [0.4, 0.5) is 0 Å². The van der Waals surface area contributed by atoms with Gasteiger partial charge in [-0.3, -0.25) is 0 Å². The normalized spacial score (nSPS) is 12.6. The monoisotopic (exact) mass is 165 g/mol. The summed E-state index contributed by atoms with van der Waals surface area (Å²) in [6.45, 7) is 8.94. The van der Waals surface area contributed by atoms with Gasteiger partial charge >= 0.3 is 0 Å². The molecule has 0 aliphatic carbocycles. The molecule has 0 rings (SSSR count). The van der Waals surface area contributed by atoms with Crippen molar-refractivity contribution < 1.29 is 0 Å². The third-order valence-corrected chi connectivity index (χ3v) is 1.41. The van der Waals surface area contributed by atoms with Crippen LogP contribution in [0, 0.1) is 5.41 Å². The minimum absolute atomic E-state index is 0.505. The quantitative estimate of drug-likeness (QED) is 0.615. The number of rotatable bonds is 4. The molecule has 0 aliphatic rings. The van der Waals surface area contributed by atoms with Crippen LogP contribution in [0.25, 0.3) is 0 Å². The van der Waals surface area contributed by atoms with Crippen molar-refractivity contribution in [2.45, 2.75) is 20.8 Å². The summed E-state index contributed by atoms with van der Waals surface area (Å²) in [5.74, 6) is 0.681. The molecule has 12 heavy (non-hydrogen) atoms. The molecule has 0 bridgehead atoms. The third-order valence-electron chi connectivity index (χ3n) is 1.41. The molecule has 0 aromatic heterocycles. The maximum atomic E-state index is 7.38. The van der Waals surface area contributed by atoms with E-state index in [2.05, 4.69) is 16.9 Å². The van der Waals surface area contributed by atoms with E-state index in [1.807, 2.05) is 13.8 Å². The Hall–Kier alpha value is -1.38. The lowest BCUT2D eigenvalue weighted by Gasteiger charge is -2.05. The second-order valence-electron chi connectivity index (χ2n) is 2.33. The largest absolute Gasteiger partial charge is 0.347 e. The van der Waals surface area contributed by atoms with Crippen molar-refractivity contribution in [3.63, 3.8) is 0 Å². The summed E-state index contributed by atoms with van der Waals surface area (Å²) >= 11 is 0. The van der Waals surface area contributed by atoms with Crippen LogP contribution in [0.1, 0.15) is 20.8 Å². The number of hydrogen-bond donors (Lipinski definition) is 2. The van der Waals surface area contributed by atoms with E-state index in [-0.39, 0.29) is 0 Å². The fraction of sp³-hybridized carbons (Fsp3) is 0.333. The fourth-order valence-electron chi connectivity index (χ4n) is 0.646. The third kappa shape index (κ3) is 3.14. The Labute approximate surface area is 73.4 Å². The molecule has 3 heteroatoms. The van der Waals surface area contributed by atoms with Gasteiger partial charge in [-0.05, 0) is 27.0 Å². The number of hydrogen-bond acceptors (Lipinski definition) is 3. The Bertz CT molecular complexity index is 236. The molecule has 0 unspecified atom stereocenters. The van der Waals surface area contributed by atoms with Gasteiger partial charge in [-0.25, -0.2) is 4.99 Å². The molecule has 2 N–H and O–H groups in total. The average molecular weight is 165 g/mol. The lowest BCUT2D eigenvalue weighted by atomic mass is 10.2. The second kappa shape index (κ2) is 5.29. The summed E-state index contributed by atoms with van der Waals surface area (Å²) in [6, 6.07) is 0. The predicted molar refractivity (Wildman–Crippen MR) is 53.6 cm³/mol. The van der Waals surface area contributed by atoms with Crippen LogP contribution in [0.5, 0.6) is 0 Å². The molecule has 0 atom stereocenters.